The van der Waals surface area contributed by atoms with Gasteiger partial charge in [0.05, 0.1) is 0 Å². The summed E-state index contributed by atoms with van der Waals surface area (Å²) in [5, 5.41) is 0. The first-order chi connectivity index (χ1) is 14.2. The summed E-state index contributed by atoms with van der Waals surface area (Å²) >= 11 is 0. The summed E-state index contributed by atoms with van der Waals surface area (Å²) in [6.45, 7) is 9.49. The van der Waals surface area contributed by atoms with Crippen molar-refractivity contribution in [3.63, 3.8) is 0 Å². The van der Waals surface area contributed by atoms with Gasteiger partial charge in [0.1, 0.15) is 0 Å². The van der Waals surface area contributed by atoms with Gasteiger partial charge >= 0.3 is 0 Å². The second-order valence-electron chi connectivity index (χ2n) is 10.6. The molecule has 0 aromatic carbocycles. The molecule has 0 radical (unpaired) electrons. The zero-order valence-electron chi connectivity index (χ0n) is 21.4. The Morgan fingerprint density at radius 3 is 0.931 bits per heavy atom. The maximum atomic E-state index is 2.49. The molecular weight excluding hydrogens is 348 g/mol. The Bertz CT molecular complexity index is 280. The van der Waals surface area contributed by atoms with Gasteiger partial charge in [0.15, 0.2) is 0 Å². The molecule has 0 spiro atoms. The quantitative estimate of drug-likeness (QED) is 0.139. The Morgan fingerprint density at radius 2 is 0.621 bits per heavy atom. The lowest BCUT2D eigenvalue weighted by Crippen LogP contribution is -1.95. The van der Waals surface area contributed by atoms with Crippen LogP contribution in [0.1, 0.15) is 175 Å². The van der Waals surface area contributed by atoms with Gasteiger partial charge in [-0.05, 0) is 11.8 Å². The van der Waals surface area contributed by atoms with Gasteiger partial charge in [0.2, 0.25) is 0 Å². The standard InChI is InChI=1S/C29H60/c1-5-6-7-8-9-10-11-12-13-14-15-16-17-20-23-26-29(4)27-24-21-18-19-22-25-28(2)3/h28-29H,5-27H2,1-4H3. The number of hydrogen-bond acceptors (Lipinski definition) is 0. The van der Waals surface area contributed by atoms with Crippen molar-refractivity contribution in [2.45, 2.75) is 175 Å². The van der Waals surface area contributed by atoms with Crippen LogP contribution in [0.2, 0.25) is 0 Å². The Morgan fingerprint density at radius 1 is 0.345 bits per heavy atom. The van der Waals surface area contributed by atoms with Crippen molar-refractivity contribution < 1.29 is 0 Å². The normalized spacial score (nSPS) is 12.7. The lowest BCUT2D eigenvalue weighted by Gasteiger charge is -2.11. The fourth-order valence-corrected chi connectivity index (χ4v) is 4.58. The third-order valence-electron chi connectivity index (χ3n) is 6.78. The van der Waals surface area contributed by atoms with Crippen LogP contribution >= 0.6 is 0 Å². The monoisotopic (exact) mass is 408 g/mol. The van der Waals surface area contributed by atoms with Crippen LogP contribution in [0.5, 0.6) is 0 Å². The van der Waals surface area contributed by atoms with Crippen LogP contribution in [0.25, 0.3) is 0 Å². The average Bonchev–Trinajstić information content (AvgIpc) is 2.70. The van der Waals surface area contributed by atoms with E-state index in [2.05, 4.69) is 27.7 Å². The second-order valence-corrected chi connectivity index (χ2v) is 10.6. The smallest absolute Gasteiger partial charge is 0.0443 e. The largest absolute Gasteiger partial charge is 0.0654 e. The van der Waals surface area contributed by atoms with E-state index in [9.17, 15) is 0 Å². The topological polar surface area (TPSA) is 0 Å². The molecule has 0 aliphatic rings. The molecule has 0 aromatic rings. The van der Waals surface area contributed by atoms with Crippen LogP contribution in [0.15, 0.2) is 0 Å². The molecule has 0 rings (SSSR count). The third kappa shape index (κ3) is 26.0. The minimum atomic E-state index is 0.893. The zero-order chi connectivity index (χ0) is 21.4. The van der Waals surface area contributed by atoms with Crippen LogP contribution in [0, 0.1) is 11.8 Å². The molecule has 1 atom stereocenters. The van der Waals surface area contributed by atoms with Crippen LogP contribution in [-0.2, 0) is 0 Å². The van der Waals surface area contributed by atoms with Gasteiger partial charge in [-0.15, -0.1) is 0 Å². The highest BCUT2D eigenvalue weighted by atomic mass is 14.1. The molecule has 0 saturated heterocycles. The summed E-state index contributed by atoms with van der Waals surface area (Å²) in [5.41, 5.74) is 0. The molecule has 0 aromatic heterocycles. The van der Waals surface area contributed by atoms with E-state index in [0.29, 0.717) is 0 Å². The van der Waals surface area contributed by atoms with E-state index in [4.69, 9.17) is 0 Å². The summed E-state index contributed by atoms with van der Waals surface area (Å²) in [6, 6.07) is 0. The van der Waals surface area contributed by atoms with Crippen LogP contribution in [0.4, 0.5) is 0 Å². The van der Waals surface area contributed by atoms with E-state index in [-0.39, 0.29) is 0 Å². The highest BCUT2D eigenvalue weighted by Crippen LogP contribution is 2.19. The summed E-state index contributed by atoms with van der Waals surface area (Å²) in [5.74, 6) is 1.86. The summed E-state index contributed by atoms with van der Waals surface area (Å²) in [6.07, 6.45) is 33.8. The predicted molar refractivity (Wildman–Crippen MR) is 136 cm³/mol. The summed E-state index contributed by atoms with van der Waals surface area (Å²) in [4.78, 5) is 0. The van der Waals surface area contributed by atoms with E-state index >= 15 is 0 Å². The van der Waals surface area contributed by atoms with Crippen molar-refractivity contribution in [3.05, 3.63) is 0 Å². The summed E-state index contributed by atoms with van der Waals surface area (Å²) < 4.78 is 0. The molecule has 176 valence electrons. The van der Waals surface area contributed by atoms with Crippen LogP contribution < -0.4 is 0 Å². The SMILES string of the molecule is CCCCCCCCCCCCCCCCCC(C)CCCCCCCC(C)C. The molecule has 0 heteroatoms. The highest BCUT2D eigenvalue weighted by Gasteiger charge is 2.02. The number of unbranched alkanes of at least 4 members (excludes halogenated alkanes) is 18. The Labute approximate surface area is 187 Å². The molecule has 0 bridgehead atoms. The van der Waals surface area contributed by atoms with Crippen LogP contribution in [-0.4, -0.2) is 0 Å². The molecule has 0 nitrogen and oxygen atoms in total. The van der Waals surface area contributed by atoms with Gasteiger partial charge in [-0.2, -0.15) is 0 Å². The molecular formula is C29H60. The van der Waals surface area contributed by atoms with Gasteiger partial charge in [-0.25, -0.2) is 0 Å². The van der Waals surface area contributed by atoms with Crippen molar-refractivity contribution in [3.8, 4) is 0 Å². The summed E-state index contributed by atoms with van der Waals surface area (Å²) in [7, 11) is 0. The Hall–Kier alpha value is 0. The molecule has 0 aliphatic heterocycles. The maximum Gasteiger partial charge on any atom is -0.0443 e. The minimum Gasteiger partial charge on any atom is -0.0654 e. The average molecular weight is 409 g/mol. The van der Waals surface area contributed by atoms with Crippen molar-refractivity contribution in [1.29, 1.82) is 0 Å². The number of rotatable bonds is 24. The molecule has 0 N–H and O–H groups in total. The first-order valence-corrected chi connectivity index (χ1v) is 14.2. The zero-order valence-corrected chi connectivity index (χ0v) is 21.4. The van der Waals surface area contributed by atoms with E-state index in [1.807, 2.05) is 0 Å². The van der Waals surface area contributed by atoms with Crippen LogP contribution in [0.3, 0.4) is 0 Å². The molecule has 0 saturated carbocycles. The highest BCUT2D eigenvalue weighted by molar-refractivity contribution is 4.56. The van der Waals surface area contributed by atoms with Gasteiger partial charge in [0.25, 0.3) is 0 Å². The van der Waals surface area contributed by atoms with Crippen molar-refractivity contribution in [2.75, 3.05) is 0 Å². The lowest BCUT2D eigenvalue weighted by molar-refractivity contribution is 0.428. The van der Waals surface area contributed by atoms with E-state index in [1.165, 1.54) is 148 Å². The van der Waals surface area contributed by atoms with Crippen molar-refractivity contribution in [1.82, 2.24) is 0 Å². The minimum absolute atomic E-state index is 0.893. The first-order valence-electron chi connectivity index (χ1n) is 14.2. The first kappa shape index (κ1) is 29.0. The van der Waals surface area contributed by atoms with E-state index < -0.39 is 0 Å². The number of hydrogen-bond donors (Lipinski definition) is 0. The van der Waals surface area contributed by atoms with E-state index in [1.54, 1.807) is 0 Å². The lowest BCUT2D eigenvalue weighted by atomic mass is 9.95. The van der Waals surface area contributed by atoms with Gasteiger partial charge in [0, 0.05) is 0 Å². The molecule has 0 fully saturated rings. The molecule has 0 aliphatic carbocycles. The Kier molecular flexibility index (Phi) is 24.3. The van der Waals surface area contributed by atoms with Gasteiger partial charge < -0.3 is 0 Å². The van der Waals surface area contributed by atoms with Gasteiger partial charge in [-0.3, -0.25) is 0 Å². The second kappa shape index (κ2) is 24.3. The maximum absolute atomic E-state index is 2.49. The third-order valence-corrected chi connectivity index (χ3v) is 6.78. The van der Waals surface area contributed by atoms with E-state index in [0.717, 1.165) is 11.8 Å². The van der Waals surface area contributed by atoms with Crippen molar-refractivity contribution >= 4 is 0 Å². The molecule has 0 amide bonds. The molecule has 0 heterocycles. The molecule has 29 heavy (non-hydrogen) atoms. The van der Waals surface area contributed by atoms with Crippen molar-refractivity contribution in [2.24, 2.45) is 11.8 Å². The fourth-order valence-electron chi connectivity index (χ4n) is 4.58. The Balaban J connectivity index is 3.13. The predicted octanol–water partition coefficient (Wildman–Crippen LogP) is 11.3. The van der Waals surface area contributed by atoms with Gasteiger partial charge in [-0.1, -0.05) is 175 Å². The fraction of sp³-hybridized carbons (Fsp3) is 1.00. The molecule has 1 unspecified atom stereocenters.